The molecule has 1 saturated heterocycles. The molecule has 0 radical (unpaired) electrons. The van der Waals surface area contributed by atoms with E-state index in [1.807, 2.05) is 6.07 Å². The van der Waals surface area contributed by atoms with Gasteiger partial charge in [0.1, 0.15) is 0 Å². The van der Waals surface area contributed by atoms with Gasteiger partial charge in [-0.15, -0.1) is 24.0 Å². The van der Waals surface area contributed by atoms with E-state index in [1.165, 1.54) is 11.1 Å². The Balaban J connectivity index is 0.00000341. The third-order valence-electron chi connectivity index (χ3n) is 5.43. The zero-order chi connectivity index (χ0) is 21.2. The number of benzene rings is 1. The van der Waals surface area contributed by atoms with Gasteiger partial charge in [0.2, 0.25) is 5.95 Å². The molecule has 3 rings (SSSR count). The Morgan fingerprint density at radius 3 is 2.29 bits per heavy atom. The van der Waals surface area contributed by atoms with Crippen molar-refractivity contribution in [3.8, 4) is 0 Å². The number of piperazine rings is 1. The lowest BCUT2D eigenvalue weighted by Gasteiger charge is -2.34. The summed E-state index contributed by atoms with van der Waals surface area (Å²) in [6, 6.07) is 10.7. The second kappa shape index (κ2) is 13.5. The number of nitrogens with zero attached hydrogens (tertiary/aromatic N) is 6. The summed E-state index contributed by atoms with van der Waals surface area (Å²) in [5.74, 6) is 1.80. The largest absolute Gasteiger partial charge is 0.357 e. The lowest BCUT2D eigenvalue weighted by atomic mass is 10.1. The van der Waals surface area contributed by atoms with Crippen LogP contribution in [0.25, 0.3) is 0 Å². The van der Waals surface area contributed by atoms with Crippen molar-refractivity contribution in [2.45, 2.75) is 26.8 Å². The third-order valence-corrected chi connectivity index (χ3v) is 5.43. The summed E-state index contributed by atoms with van der Waals surface area (Å²) in [6.07, 6.45) is 4.69. The second-order valence-corrected chi connectivity index (χ2v) is 7.64. The van der Waals surface area contributed by atoms with Crippen LogP contribution in [-0.2, 0) is 13.0 Å². The number of aryl methyl sites for hydroxylation is 1. The van der Waals surface area contributed by atoms with Crippen LogP contribution >= 0.6 is 24.0 Å². The fourth-order valence-corrected chi connectivity index (χ4v) is 3.62. The van der Waals surface area contributed by atoms with Gasteiger partial charge in [-0.1, -0.05) is 31.2 Å². The van der Waals surface area contributed by atoms with Crippen LogP contribution in [0.4, 0.5) is 5.95 Å². The van der Waals surface area contributed by atoms with E-state index in [-0.39, 0.29) is 24.0 Å². The van der Waals surface area contributed by atoms with E-state index in [0.29, 0.717) is 0 Å². The van der Waals surface area contributed by atoms with E-state index >= 15 is 0 Å². The highest BCUT2D eigenvalue weighted by Crippen LogP contribution is 2.10. The van der Waals surface area contributed by atoms with Gasteiger partial charge in [0.15, 0.2) is 5.96 Å². The van der Waals surface area contributed by atoms with Gasteiger partial charge in [-0.25, -0.2) is 9.97 Å². The fraction of sp³-hybridized carbons (Fsp3) is 0.522. The fourth-order valence-electron chi connectivity index (χ4n) is 3.62. The minimum absolute atomic E-state index is 0. The van der Waals surface area contributed by atoms with Gasteiger partial charge in [0, 0.05) is 65.3 Å². The lowest BCUT2D eigenvalue weighted by Crippen LogP contribution is -2.47. The summed E-state index contributed by atoms with van der Waals surface area (Å²) in [5, 5.41) is 3.42. The Morgan fingerprint density at radius 2 is 1.68 bits per heavy atom. The van der Waals surface area contributed by atoms with E-state index in [0.717, 1.165) is 70.7 Å². The molecule has 0 atom stereocenters. The maximum absolute atomic E-state index is 4.87. The van der Waals surface area contributed by atoms with E-state index in [9.17, 15) is 0 Å². The van der Waals surface area contributed by atoms with Gasteiger partial charge < -0.3 is 15.1 Å². The first-order chi connectivity index (χ1) is 14.7. The van der Waals surface area contributed by atoms with Crippen molar-refractivity contribution in [3.05, 3.63) is 53.9 Å². The van der Waals surface area contributed by atoms with Crippen LogP contribution in [0.2, 0.25) is 0 Å². The molecule has 2 aromatic rings. The number of guanidine groups is 1. The first-order valence-electron chi connectivity index (χ1n) is 11.0. The smallest absolute Gasteiger partial charge is 0.225 e. The molecule has 170 valence electrons. The second-order valence-electron chi connectivity index (χ2n) is 7.64. The molecule has 7 nitrogen and oxygen atoms in total. The van der Waals surface area contributed by atoms with Gasteiger partial charge >= 0.3 is 0 Å². The van der Waals surface area contributed by atoms with Crippen LogP contribution < -0.4 is 10.2 Å². The van der Waals surface area contributed by atoms with Gasteiger partial charge in [0.05, 0.1) is 6.54 Å². The van der Waals surface area contributed by atoms with Crippen molar-refractivity contribution < 1.29 is 0 Å². The summed E-state index contributed by atoms with van der Waals surface area (Å²) in [4.78, 5) is 20.5. The standard InChI is InChI=1S/C23H35N7.HI/c1-4-20-7-9-21(10-8-20)19-28(3)22(24-5-2)27-13-14-29-15-17-30(18-16-29)23-25-11-6-12-26-23;/h6-12H,4-5,13-19H2,1-3H3,(H,24,27);1H. The number of rotatable bonds is 8. The molecule has 1 aliphatic rings. The molecule has 31 heavy (non-hydrogen) atoms. The summed E-state index contributed by atoms with van der Waals surface area (Å²) in [6.45, 7) is 11.7. The van der Waals surface area contributed by atoms with Crippen molar-refractivity contribution in [3.63, 3.8) is 0 Å². The zero-order valence-corrected chi connectivity index (χ0v) is 21.3. The van der Waals surface area contributed by atoms with Gasteiger partial charge in [-0.2, -0.15) is 0 Å². The van der Waals surface area contributed by atoms with Gasteiger partial charge in [0.25, 0.3) is 0 Å². The van der Waals surface area contributed by atoms with Crippen molar-refractivity contribution in [2.24, 2.45) is 4.99 Å². The Bertz CT molecular complexity index is 774. The highest BCUT2D eigenvalue weighted by atomic mass is 127. The van der Waals surface area contributed by atoms with Crippen molar-refractivity contribution in [2.75, 3.05) is 57.8 Å². The number of anilines is 1. The van der Waals surface area contributed by atoms with Crippen LogP contribution in [0.5, 0.6) is 0 Å². The zero-order valence-electron chi connectivity index (χ0n) is 19.0. The first-order valence-corrected chi connectivity index (χ1v) is 11.0. The molecular weight excluding hydrogens is 501 g/mol. The molecule has 0 amide bonds. The Morgan fingerprint density at radius 1 is 1.03 bits per heavy atom. The maximum Gasteiger partial charge on any atom is 0.225 e. The minimum Gasteiger partial charge on any atom is -0.357 e. The summed E-state index contributed by atoms with van der Waals surface area (Å²) >= 11 is 0. The van der Waals surface area contributed by atoms with Crippen LogP contribution in [0.3, 0.4) is 0 Å². The van der Waals surface area contributed by atoms with Crippen molar-refractivity contribution >= 4 is 35.9 Å². The number of aliphatic imine (C=N–C) groups is 1. The summed E-state index contributed by atoms with van der Waals surface area (Å²) in [5.41, 5.74) is 2.68. The molecule has 1 N–H and O–H groups in total. The van der Waals surface area contributed by atoms with E-state index < -0.39 is 0 Å². The SMILES string of the molecule is CCNC(=NCCN1CCN(c2ncccn2)CC1)N(C)Cc1ccc(CC)cc1.I. The molecule has 2 heterocycles. The molecule has 0 unspecified atom stereocenters. The molecule has 0 bridgehead atoms. The van der Waals surface area contributed by atoms with Crippen LogP contribution in [-0.4, -0.2) is 78.6 Å². The van der Waals surface area contributed by atoms with E-state index in [1.54, 1.807) is 12.4 Å². The predicted octanol–water partition coefficient (Wildman–Crippen LogP) is 2.88. The van der Waals surface area contributed by atoms with Crippen molar-refractivity contribution in [1.82, 2.24) is 25.1 Å². The molecule has 1 aliphatic heterocycles. The van der Waals surface area contributed by atoms with Crippen LogP contribution in [0.15, 0.2) is 47.7 Å². The highest BCUT2D eigenvalue weighted by molar-refractivity contribution is 14.0. The molecule has 1 aromatic carbocycles. The molecule has 1 aromatic heterocycles. The Kier molecular flexibility index (Phi) is 11.0. The normalized spacial score (nSPS) is 14.8. The predicted molar refractivity (Wildman–Crippen MR) is 139 cm³/mol. The molecule has 0 spiro atoms. The lowest BCUT2D eigenvalue weighted by molar-refractivity contribution is 0.263. The molecule has 0 aliphatic carbocycles. The quantitative estimate of drug-likeness (QED) is 0.318. The van der Waals surface area contributed by atoms with E-state index in [2.05, 4.69) is 75.1 Å². The highest BCUT2D eigenvalue weighted by Gasteiger charge is 2.18. The number of nitrogens with one attached hydrogen (secondary N) is 1. The topological polar surface area (TPSA) is 59.9 Å². The average molecular weight is 537 g/mol. The maximum atomic E-state index is 4.87. The number of hydrogen-bond acceptors (Lipinski definition) is 5. The number of aromatic nitrogens is 2. The van der Waals surface area contributed by atoms with Gasteiger partial charge in [-0.05, 0) is 30.5 Å². The van der Waals surface area contributed by atoms with E-state index in [4.69, 9.17) is 4.99 Å². The average Bonchev–Trinajstić information content (AvgIpc) is 2.80. The Hall–Kier alpha value is -1.94. The first kappa shape index (κ1) is 25.3. The Labute approximate surface area is 204 Å². The van der Waals surface area contributed by atoms with Crippen molar-refractivity contribution in [1.29, 1.82) is 0 Å². The number of halogens is 1. The molecule has 8 heteroatoms. The minimum atomic E-state index is 0. The monoisotopic (exact) mass is 537 g/mol. The molecule has 0 saturated carbocycles. The summed E-state index contributed by atoms with van der Waals surface area (Å²) < 4.78 is 0. The van der Waals surface area contributed by atoms with Crippen LogP contribution in [0.1, 0.15) is 25.0 Å². The molecular formula is C23H36IN7. The summed E-state index contributed by atoms with van der Waals surface area (Å²) in [7, 11) is 2.11. The van der Waals surface area contributed by atoms with Gasteiger partial charge in [-0.3, -0.25) is 9.89 Å². The molecule has 1 fully saturated rings. The van der Waals surface area contributed by atoms with Crippen LogP contribution in [0, 0.1) is 0 Å². The third kappa shape index (κ3) is 7.92. The number of hydrogen-bond donors (Lipinski definition) is 1.